The Kier molecular flexibility index (Phi) is 5.26. The summed E-state index contributed by atoms with van der Waals surface area (Å²) in [5.74, 6) is 0.843. The number of hydrogen-bond donors (Lipinski definition) is 1. The van der Waals surface area contributed by atoms with Crippen LogP contribution < -0.4 is 5.32 Å². The fraction of sp³-hybridized carbons (Fsp3) is 0.938. The number of esters is 1. The summed E-state index contributed by atoms with van der Waals surface area (Å²) in [5, 5.41) is 3.34. The van der Waals surface area contributed by atoms with Crippen LogP contribution in [0.1, 0.15) is 65.2 Å². The van der Waals surface area contributed by atoms with E-state index in [9.17, 15) is 4.79 Å². The zero-order valence-corrected chi connectivity index (χ0v) is 12.5. The van der Waals surface area contributed by atoms with E-state index in [2.05, 4.69) is 19.2 Å². The zero-order chi connectivity index (χ0) is 13.7. The molecular formula is C16H29NO2. The first-order valence-corrected chi connectivity index (χ1v) is 8.12. The number of carbonyl (C=O) groups is 1. The van der Waals surface area contributed by atoms with Crippen LogP contribution in [0.15, 0.2) is 0 Å². The predicted octanol–water partition coefficient (Wildman–Crippen LogP) is 3.28. The van der Waals surface area contributed by atoms with Crippen LogP contribution in [0.5, 0.6) is 0 Å². The highest BCUT2D eigenvalue weighted by Crippen LogP contribution is 2.36. The molecule has 0 spiro atoms. The van der Waals surface area contributed by atoms with Gasteiger partial charge in [0.05, 0.1) is 5.41 Å². The summed E-state index contributed by atoms with van der Waals surface area (Å²) in [6, 6.07) is 0. The van der Waals surface area contributed by atoms with E-state index in [-0.39, 0.29) is 17.5 Å². The first-order chi connectivity index (χ1) is 9.20. The monoisotopic (exact) mass is 267 g/mol. The van der Waals surface area contributed by atoms with Crippen LogP contribution in [-0.2, 0) is 9.53 Å². The molecule has 1 aliphatic heterocycles. The van der Waals surface area contributed by atoms with E-state index >= 15 is 0 Å². The third-order valence-electron chi connectivity index (χ3n) is 5.26. The predicted molar refractivity (Wildman–Crippen MR) is 77.0 cm³/mol. The molecular weight excluding hydrogens is 238 g/mol. The van der Waals surface area contributed by atoms with E-state index in [1.54, 1.807) is 0 Å². The van der Waals surface area contributed by atoms with Crippen LogP contribution in [0.4, 0.5) is 0 Å². The minimum absolute atomic E-state index is 0.0817. The second-order valence-electron chi connectivity index (χ2n) is 6.35. The van der Waals surface area contributed by atoms with Gasteiger partial charge in [0.1, 0.15) is 6.10 Å². The van der Waals surface area contributed by atoms with E-state index in [4.69, 9.17) is 4.74 Å². The molecule has 1 heterocycles. The molecule has 2 aliphatic rings. The van der Waals surface area contributed by atoms with Gasteiger partial charge < -0.3 is 10.1 Å². The maximum atomic E-state index is 12.6. The highest BCUT2D eigenvalue weighted by Gasteiger charge is 2.40. The van der Waals surface area contributed by atoms with Crippen LogP contribution in [0.3, 0.4) is 0 Å². The zero-order valence-electron chi connectivity index (χ0n) is 12.5. The number of hydrogen-bond acceptors (Lipinski definition) is 3. The summed E-state index contributed by atoms with van der Waals surface area (Å²) in [6.45, 7) is 6.27. The molecule has 3 heteroatoms. The maximum Gasteiger partial charge on any atom is 0.312 e. The van der Waals surface area contributed by atoms with Crippen molar-refractivity contribution in [2.75, 3.05) is 13.1 Å². The molecule has 0 aromatic rings. The van der Waals surface area contributed by atoms with Gasteiger partial charge in [-0.05, 0) is 57.5 Å². The molecule has 0 radical (unpaired) electrons. The van der Waals surface area contributed by atoms with Gasteiger partial charge in [-0.15, -0.1) is 0 Å². The lowest BCUT2D eigenvalue weighted by Gasteiger charge is -2.37. The Morgan fingerprint density at radius 1 is 1.26 bits per heavy atom. The highest BCUT2D eigenvalue weighted by atomic mass is 16.5. The van der Waals surface area contributed by atoms with Crippen LogP contribution >= 0.6 is 0 Å². The van der Waals surface area contributed by atoms with Crippen molar-refractivity contribution in [3.05, 3.63) is 0 Å². The van der Waals surface area contributed by atoms with Crippen LogP contribution in [0, 0.1) is 11.3 Å². The van der Waals surface area contributed by atoms with Crippen molar-refractivity contribution >= 4 is 5.97 Å². The number of rotatable bonds is 4. The molecule has 2 rings (SSSR count). The summed E-state index contributed by atoms with van der Waals surface area (Å²) < 4.78 is 5.89. The largest absolute Gasteiger partial charge is 0.462 e. The lowest BCUT2D eigenvalue weighted by atomic mass is 9.76. The topological polar surface area (TPSA) is 38.3 Å². The third kappa shape index (κ3) is 3.50. The van der Waals surface area contributed by atoms with Gasteiger partial charge >= 0.3 is 5.97 Å². The normalized spacial score (nSPS) is 30.8. The summed E-state index contributed by atoms with van der Waals surface area (Å²) in [7, 11) is 0. The maximum absolute atomic E-state index is 12.6. The van der Waals surface area contributed by atoms with Gasteiger partial charge in [-0.1, -0.05) is 26.7 Å². The minimum Gasteiger partial charge on any atom is -0.462 e. The molecule has 2 fully saturated rings. The molecule has 2 unspecified atom stereocenters. The second kappa shape index (κ2) is 6.74. The third-order valence-corrected chi connectivity index (χ3v) is 5.26. The molecule has 0 amide bonds. The quantitative estimate of drug-likeness (QED) is 0.794. The molecule has 0 bridgehead atoms. The van der Waals surface area contributed by atoms with Crippen molar-refractivity contribution in [2.45, 2.75) is 71.3 Å². The number of ether oxygens (including phenoxy) is 1. The summed E-state index contributed by atoms with van der Waals surface area (Å²) in [5.41, 5.74) is -0.204. The molecule has 110 valence electrons. The highest BCUT2D eigenvalue weighted by molar-refractivity contribution is 5.77. The summed E-state index contributed by atoms with van der Waals surface area (Å²) in [4.78, 5) is 12.6. The van der Waals surface area contributed by atoms with E-state index in [1.807, 2.05) is 0 Å². The molecule has 1 saturated carbocycles. The van der Waals surface area contributed by atoms with Crippen LogP contribution in [0.2, 0.25) is 0 Å². The van der Waals surface area contributed by atoms with Crippen molar-refractivity contribution in [1.82, 2.24) is 5.32 Å². The van der Waals surface area contributed by atoms with Crippen molar-refractivity contribution in [1.29, 1.82) is 0 Å². The van der Waals surface area contributed by atoms with Gasteiger partial charge in [-0.3, -0.25) is 4.79 Å². The molecule has 2 atom stereocenters. The first kappa shape index (κ1) is 14.8. The Balaban J connectivity index is 1.91. The van der Waals surface area contributed by atoms with Gasteiger partial charge in [-0.2, -0.15) is 0 Å². The molecule has 1 N–H and O–H groups in total. The van der Waals surface area contributed by atoms with E-state index < -0.39 is 0 Å². The Morgan fingerprint density at radius 2 is 2.00 bits per heavy atom. The van der Waals surface area contributed by atoms with Gasteiger partial charge in [0.25, 0.3) is 0 Å². The van der Waals surface area contributed by atoms with Gasteiger partial charge in [0, 0.05) is 0 Å². The average Bonchev–Trinajstić information content (AvgIpc) is 2.48. The molecule has 1 aliphatic carbocycles. The summed E-state index contributed by atoms with van der Waals surface area (Å²) >= 11 is 0. The van der Waals surface area contributed by atoms with Gasteiger partial charge in [0.15, 0.2) is 0 Å². The number of carbonyl (C=O) groups excluding carboxylic acids is 1. The second-order valence-corrected chi connectivity index (χ2v) is 6.35. The first-order valence-electron chi connectivity index (χ1n) is 8.12. The van der Waals surface area contributed by atoms with Crippen LogP contribution in [-0.4, -0.2) is 25.2 Å². The fourth-order valence-electron chi connectivity index (χ4n) is 3.60. The summed E-state index contributed by atoms with van der Waals surface area (Å²) in [6.07, 6.45) is 8.88. The molecule has 1 saturated heterocycles. The average molecular weight is 267 g/mol. The fourth-order valence-corrected chi connectivity index (χ4v) is 3.60. The van der Waals surface area contributed by atoms with E-state index in [1.165, 1.54) is 19.3 Å². The van der Waals surface area contributed by atoms with Crippen molar-refractivity contribution in [3.63, 3.8) is 0 Å². The molecule has 3 nitrogen and oxygen atoms in total. The van der Waals surface area contributed by atoms with E-state index in [0.717, 1.165) is 51.1 Å². The van der Waals surface area contributed by atoms with Gasteiger partial charge in [0.2, 0.25) is 0 Å². The van der Waals surface area contributed by atoms with Gasteiger partial charge in [-0.25, -0.2) is 0 Å². The van der Waals surface area contributed by atoms with Crippen LogP contribution in [0.25, 0.3) is 0 Å². The molecule has 19 heavy (non-hydrogen) atoms. The number of piperidine rings is 1. The lowest BCUT2D eigenvalue weighted by molar-refractivity contribution is -0.166. The van der Waals surface area contributed by atoms with Crippen molar-refractivity contribution in [2.24, 2.45) is 11.3 Å². The van der Waals surface area contributed by atoms with E-state index in [0.29, 0.717) is 0 Å². The van der Waals surface area contributed by atoms with Crippen molar-refractivity contribution in [3.8, 4) is 0 Å². The minimum atomic E-state index is -0.204. The molecule has 0 aromatic heterocycles. The molecule has 0 aromatic carbocycles. The standard InChI is InChI=1S/C16H29NO2/c1-3-13-6-5-7-14(12-13)19-15(18)16(4-2)8-10-17-11-9-16/h13-14,17H,3-12H2,1-2H3. The Hall–Kier alpha value is -0.570. The Bertz CT molecular complexity index is 297. The lowest BCUT2D eigenvalue weighted by Crippen LogP contribution is -2.44. The smallest absolute Gasteiger partial charge is 0.312 e. The number of nitrogens with one attached hydrogen (secondary N) is 1. The SMILES string of the molecule is CCC1CCCC(OC(=O)C2(CC)CCNCC2)C1. The Labute approximate surface area is 117 Å². The Morgan fingerprint density at radius 3 is 2.63 bits per heavy atom. The van der Waals surface area contributed by atoms with Crippen molar-refractivity contribution < 1.29 is 9.53 Å².